The summed E-state index contributed by atoms with van der Waals surface area (Å²) < 4.78 is 6.37. The van der Waals surface area contributed by atoms with Crippen LogP contribution in [-0.4, -0.2) is 34.2 Å². The molecule has 0 spiro atoms. The van der Waals surface area contributed by atoms with E-state index in [1.54, 1.807) is 25.1 Å². The average molecular weight is 463 g/mol. The minimum Gasteiger partial charge on any atom is -0.489 e. The minimum absolute atomic E-state index is 0.0223. The summed E-state index contributed by atoms with van der Waals surface area (Å²) in [5, 5.41) is 9.79. The van der Waals surface area contributed by atoms with Gasteiger partial charge in [-0.15, -0.1) is 0 Å². The Hall–Kier alpha value is -2.99. The van der Waals surface area contributed by atoms with E-state index in [-0.39, 0.29) is 28.9 Å². The summed E-state index contributed by atoms with van der Waals surface area (Å²) in [6.07, 6.45) is -0.841. The van der Waals surface area contributed by atoms with E-state index in [9.17, 15) is 9.90 Å². The maximum atomic E-state index is 13.3. The van der Waals surface area contributed by atoms with Crippen molar-refractivity contribution in [3.63, 3.8) is 0 Å². The Morgan fingerprint density at radius 2 is 1.91 bits per heavy atom. The van der Waals surface area contributed by atoms with Crippen LogP contribution in [0.5, 0.6) is 5.75 Å². The number of halogens is 1. The van der Waals surface area contributed by atoms with Crippen LogP contribution >= 0.6 is 11.6 Å². The molecular formula is C27H27ClN2O3. The lowest BCUT2D eigenvalue weighted by Crippen LogP contribution is -2.74. The standard InChI is InChI=1S/C27H27ClN2O3/c1-16(31)7-8-17-9-11-20-18(13-17)15-30(23(20)32)24-26(2,3)25(27(24,4)5)33-19-10-12-22(29-6)21(28)14-19/h9-14,16,24-25,31H,15H2,1-5H3. The van der Waals surface area contributed by atoms with E-state index in [1.165, 1.54) is 0 Å². The second-order valence-corrected chi connectivity index (χ2v) is 10.4. The molecular weight excluding hydrogens is 436 g/mol. The first-order chi connectivity index (χ1) is 15.5. The highest BCUT2D eigenvalue weighted by Gasteiger charge is 2.66. The molecule has 1 fully saturated rings. The summed E-state index contributed by atoms with van der Waals surface area (Å²) in [6.45, 7) is 17.8. The van der Waals surface area contributed by atoms with Gasteiger partial charge in [0.05, 0.1) is 11.6 Å². The molecule has 0 bridgehead atoms. The molecule has 1 aliphatic heterocycles. The van der Waals surface area contributed by atoms with Gasteiger partial charge in [0.1, 0.15) is 18.0 Å². The van der Waals surface area contributed by atoms with Crippen LogP contribution in [0.2, 0.25) is 5.02 Å². The molecule has 33 heavy (non-hydrogen) atoms. The van der Waals surface area contributed by atoms with Gasteiger partial charge in [0.2, 0.25) is 5.69 Å². The van der Waals surface area contributed by atoms with Crippen molar-refractivity contribution in [1.82, 2.24) is 4.90 Å². The highest BCUT2D eigenvalue weighted by molar-refractivity contribution is 6.33. The van der Waals surface area contributed by atoms with E-state index in [1.807, 2.05) is 23.1 Å². The number of rotatable bonds is 3. The smallest absolute Gasteiger partial charge is 0.254 e. The highest BCUT2D eigenvalue weighted by Crippen LogP contribution is 2.59. The van der Waals surface area contributed by atoms with E-state index < -0.39 is 6.10 Å². The number of amides is 1. The second kappa shape index (κ2) is 8.10. The molecule has 1 atom stereocenters. The largest absolute Gasteiger partial charge is 0.489 e. The number of benzene rings is 2. The lowest BCUT2D eigenvalue weighted by Gasteiger charge is -2.65. The van der Waals surface area contributed by atoms with Gasteiger partial charge in [-0.3, -0.25) is 4.79 Å². The first-order valence-corrected chi connectivity index (χ1v) is 11.3. The summed E-state index contributed by atoms with van der Waals surface area (Å²) in [5.74, 6) is 6.35. The van der Waals surface area contributed by atoms with Crippen LogP contribution < -0.4 is 4.74 Å². The van der Waals surface area contributed by atoms with Gasteiger partial charge in [-0.2, -0.15) is 0 Å². The summed E-state index contributed by atoms with van der Waals surface area (Å²) in [6, 6.07) is 10.7. The fraction of sp³-hybridized carbons (Fsp3) is 0.407. The summed E-state index contributed by atoms with van der Waals surface area (Å²) >= 11 is 6.20. The molecule has 1 amide bonds. The lowest BCUT2D eigenvalue weighted by molar-refractivity contribution is -0.199. The molecule has 1 aliphatic carbocycles. The summed E-state index contributed by atoms with van der Waals surface area (Å²) in [7, 11) is 0. The molecule has 170 valence electrons. The lowest BCUT2D eigenvalue weighted by atomic mass is 9.49. The Bertz CT molecular complexity index is 1210. The van der Waals surface area contributed by atoms with Gasteiger partial charge < -0.3 is 14.7 Å². The Balaban J connectivity index is 1.57. The number of hydrogen-bond acceptors (Lipinski definition) is 3. The third kappa shape index (κ3) is 3.86. The Labute approximate surface area is 200 Å². The van der Waals surface area contributed by atoms with Gasteiger partial charge in [-0.1, -0.05) is 57.2 Å². The van der Waals surface area contributed by atoms with Crippen molar-refractivity contribution < 1.29 is 14.6 Å². The summed E-state index contributed by atoms with van der Waals surface area (Å²) in [5.41, 5.74) is 2.23. The van der Waals surface area contributed by atoms with Gasteiger partial charge >= 0.3 is 0 Å². The molecule has 0 aromatic heterocycles. The molecule has 0 radical (unpaired) electrons. The van der Waals surface area contributed by atoms with Crippen LogP contribution in [0, 0.1) is 29.2 Å². The molecule has 4 rings (SSSR count). The van der Waals surface area contributed by atoms with E-state index in [4.69, 9.17) is 22.9 Å². The molecule has 1 unspecified atom stereocenters. The van der Waals surface area contributed by atoms with Crippen molar-refractivity contribution in [3.05, 3.63) is 69.5 Å². The highest BCUT2D eigenvalue weighted by atomic mass is 35.5. The van der Waals surface area contributed by atoms with Crippen molar-refractivity contribution in [2.45, 2.75) is 59.4 Å². The number of fused-ring (bicyclic) bond motifs is 1. The Morgan fingerprint density at radius 3 is 2.52 bits per heavy atom. The third-order valence-corrected chi connectivity index (χ3v) is 7.03. The molecule has 2 aliphatic rings. The third-order valence-electron chi connectivity index (χ3n) is 6.73. The van der Waals surface area contributed by atoms with E-state index >= 15 is 0 Å². The van der Waals surface area contributed by atoms with Crippen LogP contribution in [-0.2, 0) is 6.54 Å². The van der Waals surface area contributed by atoms with Gasteiger partial charge in [-0.05, 0) is 42.8 Å². The summed E-state index contributed by atoms with van der Waals surface area (Å²) in [4.78, 5) is 18.7. The minimum atomic E-state index is -0.697. The van der Waals surface area contributed by atoms with Crippen LogP contribution in [0.3, 0.4) is 0 Å². The van der Waals surface area contributed by atoms with E-state index in [0.29, 0.717) is 28.6 Å². The van der Waals surface area contributed by atoms with Crippen molar-refractivity contribution in [2.24, 2.45) is 10.8 Å². The van der Waals surface area contributed by atoms with Crippen LogP contribution in [0.4, 0.5) is 5.69 Å². The normalized spacial score (nSPS) is 23.0. The predicted molar refractivity (Wildman–Crippen MR) is 128 cm³/mol. The predicted octanol–water partition coefficient (Wildman–Crippen LogP) is 5.46. The maximum absolute atomic E-state index is 13.3. The molecule has 2 aromatic carbocycles. The van der Waals surface area contributed by atoms with Gasteiger partial charge in [0.15, 0.2) is 0 Å². The molecule has 1 N–H and O–H groups in total. The zero-order valence-corrected chi connectivity index (χ0v) is 20.2. The molecule has 2 aromatic rings. The first kappa shape index (κ1) is 23.2. The molecule has 6 heteroatoms. The average Bonchev–Trinajstić information content (AvgIpc) is 3.05. The van der Waals surface area contributed by atoms with Crippen LogP contribution in [0.25, 0.3) is 4.85 Å². The fourth-order valence-corrected chi connectivity index (χ4v) is 6.03. The van der Waals surface area contributed by atoms with Crippen LogP contribution in [0.15, 0.2) is 36.4 Å². The van der Waals surface area contributed by atoms with Crippen molar-refractivity contribution in [1.29, 1.82) is 0 Å². The van der Waals surface area contributed by atoms with Gasteiger partial charge in [0, 0.05) is 34.5 Å². The van der Waals surface area contributed by atoms with Crippen LogP contribution in [0.1, 0.15) is 56.1 Å². The number of hydrogen-bond donors (Lipinski definition) is 1. The molecule has 1 heterocycles. The zero-order valence-electron chi connectivity index (χ0n) is 19.4. The SMILES string of the molecule is [C-]#[N+]c1ccc(OC2C(C)(C)C(N3Cc4cc(C#CC(C)O)ccc4C3=O)C2(C)C)cc1Cl. The molecule has 5 nitrogen and oxygen atoms in total. The Kier molecular flexibility index (Phi) is 5.69. The van der Waals surface area contributed by atoms with Gasteiger partial charge in [0.25, 0.3) is 5.91 Å². The number of carbonyl (C=O) groups is 1. The van der Waals surface area contributed by atoms with Crippen molar-refractivity contribution in [2.75, 3.05) is 0 Å². The quantitative estimate of drug-likeness (QED) is 0.486. The topological polar surface area (TPSA) is 54.1 Å². The Morgan fingerprint density at radius 1 is 1.21 bits per heavy atom. The maximum Gasteiger partial charge on any atom is 0.254 e. The first-order valence-electron chi connectivity index (χ1n) is 10.9. The van der Waals surface area contributed by atoms with Crippen molar-refractivity contribution in [3.8, 4) is 17.6 Å². The molecule has 1 saturated carbocycles. The monoisotopic (exact) mass is 462 g/mol. The second-order valence-electron chi connectivity index (χ2n) is 10.0. The number of carbonyl (C=O) groups excluding carboxylic acids is 1. The number of ether oxygens (including phenoxy) is 1. The van der Waals surface area contributed by atoms with Crippen molar-refractivity contribution >= 4 is 23.2 Å². The number of nitrogens with zero attached hydrogens (tertiary/aromatic N) is 2. The van der Waals surface area contributed by atoms with E-state index in [2.05, 4.69) is 44.4 Å². The number of aliphatic hydroxyl groups excluding tert-OH is 1. The van der Waals surface area contributed by atoms with Gasteiger partial charge in [-0.25, -0.2) is 4.85 Å². The molecule has 0 saturated heterocycles. The fourth-order valence-electron chi connectivity index (χ4n) is 5.82. The zero-order chi connectivity index (χ0) is 24.1. The van der Waals surface area contributed by atoms with E-state index in [0.717, 1.165) is 11.1 Å². The number of aliphatic hydroxyl groups is 1.